The molecule has 5 rings (SSSR count). The van der Waals surface area contributed by atoms with Gasteiger partial charge < -0.3 is 10.1 Å². The van der Waals surface area contributed by atoms with Gasteiger partial charge in [0.1, 0.15) is 5.82 Å². The molecular formula is C20H23ClN6O. The third-order valence-corrected chi connectivity index (χ3v) is 6.03. The summed E-state index contributed by atoms with van der Waals surface area (Å²) in [6.07, 6.45) is 0. The summed E-state index contributed by atoms with van der Waals surface area (Å²) in [4.78, 5) is 9.79. The number of benzene rings is 1. The summed E-state index contributed by atoms with van der Waals surface area (Å²) in [5.74, 6) is 0.793. The smallest absolute Gasteiger partial charge is 0.182 e. The lowest BCUT2D eigenvalue weighted by molar-refractivity contribution is -0.171. The summed E-state index contributed by atoms with van der Waals surface area (Å²) < 4.78 is 7.32. The van der Waals surface area contributed by atoms with Gasteiger partial charge in [-0.25, -0.2) is 14.6 Å². The largest absolute Gasteiger partial charge is 0.380 e. The molecule has 8 heteroatoms. The zero-order valence-electron chi connectivity index (χ0n) is 16.2. The van der Waals surface area contributed by atoms with E-state index in [2.05, 4.69) is 36.4 Å². The van der Waals surface area contributed by atoms with Crippen molar-refractivity contribution in [1.82, 2.24) is 30.3 Å². The maximum atomic E-state index is 6.36. The number of aromatic nitrogens is 5. The number of nitrogens with one attached hydrogen (secondary N) is 1. The molecule has 0 amide bonds. The van der Waals surface area contributed by atoms with Crippen molar-refractivity contribution >= 4 is 22.8 Å². The highest BCUT2D eigenvalue weighted by Crippen LogP contribution is 2.47. The number of hydrogen-bond acceptors (Lipinski definition) is 6. The summed E-state index contributed by atoms with van der Waals surface area (Å²) in [7, 11) is 0. The Morgan fingerprint density at radius 1 is 1.25 bits per heavy atom. The molecule has 1 N–H and O–H groups in total. The summed E-state index contributed by atoms with van der Waals surface area (Å²) in [5.41, 5.74) is 3.36. The summed E-state index contributed by atoms with van der Waals surface area (Å²) in [6, 6.07) is 7.90. The second kappa shape index (κ2) is 6.20. The van der Waals surface area contributed by atoms with Crippen LogP contribution in [-0.2, 0) is 16.7 Å². The van der Waals surface area contributed by atoms with Gasteiger partial charge in [0.2, 0.25) is 0 Å². The maximum Gasteiger partial charge on any atom is 0.182 e. The predicted molar refractivity (Wildman–Crippen MR) is 106 cm³/mol. The quantitative estimate of drug-likeness (QED) is 0.731. The van der Waals surface area contributed by atoms with Crippen LogP contribution in [0.2, 0.25) is 5.02 Å². The Hall–Kier alpha value is -2.09. The molecule has 0 saturated carbocycles. The van der Waals surface area contributed by atoms with Crippen molar-refractivity contribution in [3.05, 3.63) is 46.4 Å². The minimum absolute atomic E-state index is 0.123. The van der Waals surface area contributed by atoms with E-state index >= 15 is 0 Å². The zero-order valence-corrected chi connectivity index (χ0v) is 17.0. The molecule has 2 fully saturated rings. The van der Waals surface area contributed by atoms with Gasteiger partial charge in [-0.3, -0.25) is 0 Å². The standard InChI is InChI=1S/C20H23ClN6O/c1-19(2,3)18-23-14(16-20(9-22-16)10-28-11-20)15-17(24-18)27(26-25-15)8-12-6-4-5-7-13(12)21/h4-7,16,22H,8-11H2,1-3H3. The normalized spacial score (nSPS) is 20.9. The second-order valence-corrected chi connectivity index (χ2v) is 9.27. The topological polar surface area (TPSA) is 77.8 Å². The van der Waals surface area contributed by atoms with Crippen molar-refractivity contribution in [1.29, 1.82) is 0 Å². The van der Waals surface area contributed by atoms with E-state index in [1.807, 2.05) is 28.9 Å². The van der Waals surface area contributed by atoms with Crippen molar-refractivity contribution in [2.45, 2.75) is 38.8 Å². The number of nitrogens with zero attached hydrogens (tertiary/aromatic N) is 5. The molecule has 1 unspecified atom stereocenters. The van der Waals surface area contributed by atoms with Gasteiger partial charge in [-0.2, -0.15) is 0 Å². The van der Waals surface area contributed by atoms with Crippen LogP contribution in [0.25, 0.3) is 11.2 Å². The Morgan fingerprint density at radius 3 is 2.64 bits per heavy atom. The molecule has 28 heavy (non-hydrogen) atoms. The Bertz CT molecular complexity index is 1050. The molecule has 2 saturated heterocycles. The number of halogens is 1. The van der Waals surface area contributed by atoms with Crippen LogP contribution in [0.15, 0.2) is 24.3 Å². The Morgan fingerprint density at radius 2 is 2.04 bits per heavy atom. The lowest BCUT2D eigenvalue weighted by atomic mass is 9.70. The fourth-order valence-corrected chi connectivity index (χ4v) is 4.02. The molecule has 0 bridgehead atoms. The summed E-state index contributed by atoms with van der Waals surface area (Å²) in [5, 5.41) is 13.1. The highest BCUT2D eigenvalue weighted by atomic mass is 35.5. The van der Waals surface area contributed by atoms with Gasteiger partial charge in [0.15, 0.2) is 11.2 Å². The van der Waals surface area contributed by atoms with E-state index in [0.717, 1.165) is 48.0 Å². The highest BCUT2D eigenvalue weighted by molar-refractivity contribution is 6.31. The number of fused-ring (bicyclic) bond motifs is 1. The fourth-order valence-electron chi connectivity index (χ4n) is 3.82. The molecule has 1 atom stereocenters. The van der Waals surface area contributed by atoms with Crippen molar-refractivity contribution in [3.8, 4) is 0 Å². The van der Waals surface area contributed by atoms with E-state index in [1.165, 1.54) is 0 Å². The SMILES string of the molecule is CC(C)(C)c1nc(C2NCC23COC3)c2nnn(Cc3ccccc3Cl)c2n1. The van der Waals surface area contributed by atoms with E-state index in [9.17, 15) is 0 Å². The third kappa shape index (κ3) is 2.72. The van der Waals surface area contributed by atoms with E-state index in [0.29, 0.717) is 11.6 Å². The minimum atomic E-state index is -0.185. The molecule has 1 spiro atoms. The van der Waals surface area contributed by atoms with Crippen LogP contribution < -0.4 is 5.32 Å². The van der Waals surface area contributed by atoms with Gasteiger partial charge in [-0.15, -0.1) is 5.10 Å². The average Bonchev–Trinajstić information content (AvgIpc) is 2.97. The van der Waals surface area contributed by atoms with Gasteiger partial charge in [0, 0.05) is 17.0 Å². The number of ether oxygens (including phenoxy) is 1. The predicted octanol–water partition coefficient (Wildman–Crippen LogP) is 2.88. The van der Waals surface area contributed by atoms with Gasteiger partial charge in [0.05, 0.1) is 36.9 Å². The molecule has 1 aromatic carbocycles. The van der Waals surface area contributed by atoms with Crippen molar-refractivity contribution in [3.63, 3.8) is 0 Å². The lowest BCUT2D eigenvalue weighted by Gasteiger charge is -2.55. The highest BCUT2D eigenvalue weighted by Gasteiger charge is 2.54. The van der Waals surface area contributed by atoms with Crippen LogP contribution in [0.4, 0.5) is 0 Å². The summed E-state index contributed by atoms with van der Waals surface area (Å²) in [6.45, 7) is 9.34. The number of hydrogen-bond donors (Lipinski definition) is 1. The van der Waals surface area contributed by atoms with Gasteiger partial charge in [-0.1, -0.05) is 55.8 Å². The van der Waals surface area contributed by atoms with Crippen LogP contribution in [0.1, 0.15) is 43.9 Å². The van der Waals surface area contributed by atoms with Crippen molar-refractivity contribution in [2.24, 2.45) is 5.41 Å². The second-order valence-electron chi connectivity index (χ2n) is 8.86. The Labute approximate surface area is 168 Å². The van der Waals surface area contributed by atoms with Gasteiger partial charge in [-0.05, 0) is 11.6 Å². The van der Waals surface area contributed by atoms with Crippen LogP contribution in [0.5, 0.6) is 0 Å². The van der Waals surface area contributed by atoms with E-state index in [1.54, 1.807) is 0 Å². The Kier molecular flexibility index (Phi) is 3.98. The minimum Gasteiger partial charge on any atom is -0.380 e. The van der Waals surface area contributed by atoms with E-state index in [4.69, 9.17) is 26.3 Å². The molecule has 2 aromatic heterocycles. The first kappa shape index (κ1) is 18.0. The first-order chi connectivity index (χ1) is 13.4. The van der Waals surface area contributed by atoms with Gasteiger partial charge >= 0.3 is 0 Å². The van der Waals surface area contributed by atoms with E-state index < -0.39 is 0 Å². The molecular weight excluding hydrogens is 376 g/mol. The molecule has 2 aliphatic heterocycles. The van der Waals surface area contributed by atoms with Crippen LogP contribution >= 0.6 is 11.6 Å². The molecule has 4 heterocycles. The van der Waals surface area contributed by atoms with E-state index in [-0.39, 0.29) is 16.9 Å². The molecule has 0 radical (unpaired) electrons. The van der Waals surface area contributed by atoms with Crippen molar-refractivity contribution < 1.29 is 4.74 Å². The van der Waals surface area contributed by atoms with Gasteiger partial charge in [0.25, 0.3) is 0 Å². The Balaban J connectivity index is 1.64. The summed E-state index contributed by atoms with van der Waals surface area (Å²) >= 11 is 6.36. The first-order valence-electron chi connectivity index (χ1n) is 9.54. The van der Waals surface area contributed by atoms with Crippen LogP contribution in [0.3, 0.4) is 0 Å². The third-order valence-electron chi connectivity index (χ3n) is 5.66. The monoisotopic (exact) mass is 398 g/mol. The molecule has 3 aromatic rings. The number of rotatable bonds is 3. The molecule has 0 aliphatic carbocycles. The van der Waals surface area contributed by atoms with Crippen LogP contribution in [-0.4, -0.2) is 44.7 Å². The van der Waals surface area contributed by atoms with Crippen LogP contribution in [0, 0.1) is 5.41 Å². The zero-order chi connectivity index (χ0) is 19.5. The fraction of sp³-hybridized carbons (Fsp3) is 0.500. The lowest BCUT2D eigenvalue weighted by Crippen LogP contribution is -2.66. The molecule has 7 nitrogen and oxygen atoms in total. The van der Waals surface area contributed by atoms with Crippen molar-refractivity contribution in [2.75, 3.05) is 19.8 Å². The molecule has 2 aliphatic rings. The maximum absolute atomic E-state index is 6.36. The average molecular weight is 399 g/mol. The first-order valence-corrected chi connectivity index (χ1v) is 9.91. The molecule has 146 valence electrons.